The summed E-state index contributed by atoms with van der Waals surface area (Å²) in [5.74, 6) is -1.56. The Morgan fingerprint density at radius 2 is 1.75 bits per heavy atom. The Bertz CT molecular complexity index is 836. The summed E-state index contributed by atoms with van der Waals surface area (Å²) in [7, 11) is 0. The zero-order valence-corrected chi connectivity index (χ0v) is 17.6. The molecule has 0 spiro atoms. The van der Waals surface area contributed by atoms with Crippen molar-refractivity contribution in [3.63, 3.8) is 0 Å². The molecule has 0 aliphatic rings. The van der Waals surface area contributed by atoms with Crippen LogP contribution in [0.15, 0.2) is 29.6 Å². The molecule has 1 aromatic carbocycles. The molecule has 7 heteroatoms. The number of nitrogens with one attached hydrogen (secondary N) is 2. The number of amides is 2. The summed E-state index contributed by atoms with van der Waals surface area (Å²) in [6.07, 6.45) is 0. The van der Waals surface area contributed by atoms with Gasteiger partial charge in [0.25, 0.3) is 11.8 Å². The predicted octanol–water partition coefficient (Wildman–Crippen LogP) is 3.61. The lowest BCUT2D eigenvalue weighted by molar-refractivity contribution is -0.150. The fraction of sp³-hybridized carbons (Fsp3) is 0.381. The molecule has 0 bridgehead atoms. The third-order valence-electron chi connectivity index (χ3n) is 4.24. The number of rotatable bonds is 7. The minimum atomic E-state index is -0.828. The molecule has 0 unspecified atom stereocenters. The molecule has 0 saturated carbocycles. The number of hydrogen-bond donors (Lipinski definition) is 2. The van der Waals surface area contributed by atoms with Crippen LogP contribution in [0.1, 0.15) is 40.2 Å². The second-order valence-electron chi connectivity index (χ2n) is 7.10. The number of hydrogen-bond acceptors (Lipinski definition) is 5. The second-order valence-corrected chi connectivity index (χ2v) is 8.05. The highest BCUT2D eigenvalue weighted by molar-refractivity contribution is 7.12. The fourth-order valence-corrected chi connectivity index (χ4v) is 3.52. The molecule has 2 aromatic rings. The first-order valence-corrected chi connectivity index (χ1v) is 9.95. The third kappa shape index (κ3) is 5.66. The van der Waals surface area contributed by atoms with Gasteiger partial charge in [0.1, 0.15) is 6.04 Å². The van der Waals surface area contributed by atoms with Gasteiger partial charge in [0.2, 0.25) is 0 Å². The van der Waals surface area contributed by atoms with Crippen LogP contribution in [0.5, 0.6) is 0 Å². The average molecular weight is 403 g/mol. The molecule has 0 aliphatic carbocycles. The fourth-order valence-electron chi connectivity index (χ4n) is 2.90. The van der Waals surface area contributed by atoms with Crippen molar-refractivity contribution in [2.75, 3.05) is 11.9 Å². The van der Waals surface area contributed by atoms with E-state index in [9.17, 15) is 14.4 Å². The Morgan fingerprint density at radius 1 is 1.11 bits per heavy atom. The molecule has 1 aromatic heterocycles. The molecular weight excluding hydrogens is 376 g/mol. The Labute approximate surface area is 169 Å². The molecular formula is C21H26N2O4S. The van der Waals surface area contributed by atoms with E-state index in [1.54, 1.807) is 31.4 Å². The Kier molecular flexibility index (Phi) is 7.34. The molecule has 0 aliphatic heterocycles. The zero-order chi connectivity index (χ0) is 20.8. The SMILES string of the molecule is Cc1cc(C)c(NC(=O)COC(=O)[C@H](NC(=O)c2cccs2)C(C)C)c(C)c1. The van der Waals surface area contributed by atoms with Crippen LogP contribution < -0.4 is 10.6 Å². The van der Waals surface area contributed by atoms with Crippen LogP contribution in [0, 0.1) is 26.7 Å². The number of ether oxygens (including phenoxy) is 1. The lowest BCUT2D eigenvalue weighted by atomic mass is 10.0. The maximum absolute atomic E-state index is 12.4. The summed E-state index contributed by atoms with van der Waals surface area (Å²) in [4.78, 5) is 37.4. The van der Waals surface area contributed by atoms with Gasteiger partial charge in [-0.3, -0.25) is 9.59 Å². The van der Waals surface area contributed by atoms with Crippen LogP contribution >= 0.6 is 11.3 Å². The maximum Gasteiger partial charge on any atom is 0.329 e. The van der Waals surface area contributed by atoms with Crippen molar-refractivity contribution < 1.29 is 19.1 Å². The van der Waals surface area contributed by atoms with Crippen LogP contribution in [0.2, 0.25) is 0 Å². The van der Waals surface area contributed by atoms with Crippen molar-refractivity contribution in [3.05, 3.63) is 51.2 Å². The molecule has 6 nitrogen and oxygen atoms in total. The number of aryl methyl sites for hydroxylation is 3. The Balaban J connectivity index is 1.95. The standard InChI is InChI=1S/C21H26N2O4S/c1-12(2)18(23-20(25)16-7-6-8-28-16)21(26)27-11-17(24)22-19-14(4)9-13(3)10-15(19)5/h6-10,12,18H,11H2,1-5H3,(H,22,24)(H,23,25)/t18-/m1/s1. The smallest absolute Gasteiger partial charge is 0.329 e. The summed E-state index contributed by atoms with van der Waals surface area (Å²) in [6, 6.07) is 6.57. The van der Waals surface area contributed by atoms with Crippen LogP contribution in [0.3, 0.4) is 0 Å². The number of carbonyl (C=O) groups is 3. The predicted molar refractivity (Wildman–Crippen MR) is 111 cm³/mol. The van der Waals surface area contributed by atoms with Crippen LogP contribution in [-0.4, -0.2) is 30.4 Å². The molecule has 28 heavy (non-hydrogen) atoms. The van der Waals surface area contributed by atoms with Crippen LogP contribution in [0.4, 0.5) is 5.69 Å². The highest BCUT2D eigenvalue weighted by Gasteiger charge is 2.27. The number of carbonyl (C=O) groups excluding carboxylic acids is 3. The van der Waals surface area contributed by atoms with E-state index < -0.39 is 24.5 Å². The minimum Gasteiger partial charge on any atom is -0.454 e. The monoisotopic (exact) mass is 402 g/mol. The summed E-state index contributed by atoms with van der Waals surface area (Å²) >= 11 is 1.29. The largest absolute Gasteiger partial charge is 0.454 e. The van der Waals surface area contributed by atoms with Gasteiger partial charge in [0.15, 0.2) is 6.61 Å². The molecule has 2 N–H and O–H groups in total. The molecule has 1 heterocycles. The van der Waals surface area contributed by atoms with Crippen molar-refractivity contribution in [1.82, 2.24) is 5.32 Å². The van der Waals surface area contributed by atoms with Gasteiger partial charge in [-0.1, -0.05) is 37.6 Å². The first-order chi connectivity index (χ1) is 13.2. The van der Waals surface area contributed by atoms with Crippen molar-refractivity contribution in [2.45, 2.75) is 40.7 Å². The first kappa shape index (κ1) is 21.6. The highest BCUT2D eigenvalue weighted by atomic mass is 32.1. The molecule has 2 rings (SSSR count). The molecule has 2 amide bonds. The second kappa shape index (κ2) is 9.50. The summed E-state index contributed by atoms with van der Waals surface area (Å²) in [5, 5.41) is 7.26. The van der Waals surface area contributed by atoms with Gasteiger partial charge in [-0.05, 0) is 49.3 Å². The average Bonchev–Trinajstić information content (AvgIpc) is 3.15. The lowest BCUT2D eigenvalue weighted by Gasteiger charge is -2.20. The van der Waals surface area contributed by atoms with Gasteiger partial charge < -0.3 is 15.4 Å². The molecule has 150 valence electrons. The normalized spacial score (nSPS) is 11.8. The van der Waals surface area contributed by atoms with E-state index in [0.29, 0.717) is 4.88 Å². The topological polar surface area (TPSA) is 84.5 Å². The minimum absolute atomic E-state index is 0.180. The van der Waals surface area contributed by atoms with Crippen molar-refractivity contribution >= 4 is 34.8 Å². The van der Waals surface area contributed by atoms with E-state index in [1.165, 1.54) is 11.3 Å². The number of benzene rings is 1. The maximum atomic E-state index is 12.4. The third-order valence-corrected chi connectivity index (χ3v) is 5.11. The van der Waals surface area contributed by atoms with Gasteiger partial charge in [0, 0.05) is 5.69 Å². The summed E-state index contributed by atoms with van der Waals surface area (Å²) < 4.78 is 5.16. The summed E-state index contributed by atoms with van der Waals surface area (Å²) in [5.41, 5.74) is 3.72. The molecule has 0 fully saturated rings. The van der Waals surface area contributed by atoms with E-state index in [2.05, 4.69) is 10.6 Å². The van der Waals surface area contributed by atoms with Gasteiger partial charge in [0.05, 0.1) is 4.88 Å². The number of esters is 1. The van der Waals surface area contributed by atoms with Gasteiger partial charge >= 0.3 is 5.97 Å². The van der Waals surface area contributed by atoms with Crippen molar-refractivity contribution in [2.24, 2.45) is 5.92 Å². The van der Waals surface area contributed by atoms with Crippen LogP contribution in [0.25, 0.3) is 0 Å². The van der Waals surface area contributed by atoms with E-state index >= 15 is 0 Å². The van der Waals surface area contributed by atoms with Crippen molar-refractivity contribution in [3.8, 4) is 0 Å². The van der Waals surface area contributed by atoms with E-state index in [4.69, 9.17) is 4.74 Å². The lowest BCUT2D eigenvalue weighted by Crippen LogP contribution is -2.45. The first-order valence-electron chi connectivity index (χ1n) is 9.07. The molecule has 1 atom stereocenters. The van der Waals surface area contributed by atoms with Gasteiger partial charge in [-0.15, -0.1) is 11.3 Å². The van der Waals surface area contributed by atoms with Gasteiger partial charge in [-0.25, -0.2) is 4.79 Å². The summed E-state index contributed by atoms with van der Waals surface area (Å²) in [6.45, 7) is 9.01. The van der Waals surface area contributed by atoms with Gasteiger partial charge in [-0.2, -0.15) is 0 Å². The van der Waals surface area contributed by atoms with Crippen LogP contribution in [-0.2, 0) is 14.3 Å². The molecule has 0 saturated heterocycles. The quantitative estimate of drug-likeness (QED) is 0.693. The Hall–Kier alpha value is -2.67. The van der Waals surface area contributed by atoms with E-state index in [-0.39, 0.29) is 11.8 Å². The number of thiophene rings is 1. The molecule has 0 radical (unpaired) electrons. The number of anilines is 1. The Morgan fingerprint density at radius 3 is 2.29 bits per heavy atom. The zero-order valence-electron chi connectivity index (χ0n) is 16.8. The van der Waals surface area contributed by atoms with E-state index in [0.717, 1.165) is 22.4 Å². The van der Waals surface area contributed by atoms with E-state index in [1.807, 2.05) is 32.9 Å². The van der Waals surface area contributed by atoms with Crippen molar-refractivity contribution in [1.29, 1.82) is 0 Å². The highest BCUT2D eigenvalue weighted by Crippen LogP contribution is 2.21.